The molecule has 174 valence electrons. The van der Waals surface area contributed by atoms with Gasteiger partial charge in [-0.25, -0.2) is 18.1 Å². The highest BCUT2D eigenvalue weighted by Gasteiger charge is 2.24. The van der Waals surface area contributed by atoms with E-state index in [1.54, 1.807) is 31.1 Å². The van der Waals surface area contributed by atoms with Gasteiger partial charge in [0, 0.05) is 18.7 Å². The van der Waals surface area contributed by atoms with Gasteiger partial charge in [0.1, 0.15) is 17.3 Å². The van der Waals surface area contributed by atoms with Crippen molar-refractivity contribution in [1.82, 2.24) is 14.6 Å². The number of hydrogen-bond acceptors (Lipinski definition) is 7. The van der Waals surface area contributed by atoms with Gasteiger partial charge >= 0.3 is 5.97 Å². The number of rotatable bonds is 11. The smallest absolute Gasteiger partial charge is 0.307 e. The number of carbonyl (C=O) groups excluding carboxylic acids is 1. The minimum Gasteiger partial charge on any atom is -0.461 e. The van der Waals surface area contributed by atoms with Crippen LogP contribution in [0.5, 0.6) is 11.6 Å². The van der Waals surface area contributed by atoms with Crippen molar-refractivity contribution in [2.75, 3.05) is 20.6 Å². The van der Waals surface area contributed by atoms with Crippen molar-refractivity contribution >= 4 is 16.0 Å². The summed E-state index contributed by atoms with van der Waals surface area (Å²) >= 11 is 0. The van der Waals surface area contributed by atoms with Crippen LogP contribution in [0.3, 0.4) is 0 Å². The molecule has 0 aliphatic carbocycles. The number of aromatic nitrogens is 1. The second kappa shape index (κ2) is 11.6. The highest BCUT2D eigenvalue weighted by molar-refractivity contribution is 7.89. The van der Waals surface area contributed by atoms with Crippen LogP contribution in [0.2, 0.25) is 0 Å². The highest BCUT2D eigenvalue weighted by atomic mass is 32.2. The van der Waals surface area contributed by atoms with Crippen LogP contribution in [-0.4, -0.2) is 51.0 Å². The Hall–Kier alpha value is -3.27. The molecule has 1 atom stereocenters. The lowest BCUT2D eigenvalue weighted by Crippen LogP contribution is -2.43. The number of ether oxygens (including phenoxy) is 2. The van der Waals surface area contributed by atoms with Crippen molar-refractivity contribution in [1.29, 1.82) is 0 Å². The molecule has 1 N–H and O–H groups in total. The van der Waals surface area contributed by atoms with Crippen LogP contribution in [0.25, 0.3) is 0 Å². The van der Waals surface area contributed by atoms with E-state index in [2.05, 4.69) is 9.71 Å². The second-order valence-corrected chi connectivity index (χ2v) is 9.39. The van der Waals surface area contributed by atoms with E-state index in [9.17, 15) is 13.2 Å². The molecule has 0 saturated carbocycles. The van der Waals surface area contributed by atoms with Crippen molar-refractivity contribution < 1.29 is 22.7 Å². The predicted molar refractivity (Wildman–Crippen MR) is 124 cm³/mol. The van der Waals surface area contributed by atoms with E-state index in [0.717, 1.165) is 5.56 Å². The lowest BCUT2D eigenvalue weighted by Gasteiger charge is -2.21. The quantitative estimate of drug-likeness (QED) is 0.431. The zero-order valence-electron chi connectivity index (χ0n) is 18.5. The van der Waals surface area contributed by atoms with E-state index in [0.29, 0.717) is 12.3 Å². The average Bonchev–Trinajstić information content (AvgIpc) is 2.79. The number of carbonyl (C=O) groups is 1. The van der Waals surface area contributed by atoms with Crippen LogP contribution in [-0.2, 0) is 26.2 Å². The molecule has 1 heterocycles. The minimum atomic E-state index is -3.91. The molecule has 1 aromatic heterocycles. The Kier molecular flexibility index (Phi) is 8.53. The number of pyridine rings is 1. The first-order chi connectivity index (χ1) is 15.8. The van der Waals surface area contributed by atoms with Gasteiger partial charge < -0.3 is 14.4 Å². The van der Waals surface area contributed by atoms with Gasteiger partial charge in [0.15, 0.2) is 0 Å². The summed E-state index contributed by atoms with van der Waals surface area (Å²) in [5.74, 6) is 0.381. The maximum atomic E-state index is 12.9. The fourth-order valence-electron chi connectivity index (χ4n) is 3.07. The summed E-state index contributed by atoms with van der Waals surface area (Å²) in [7, 11) is -0.311. The van der Waals surface area contributed by atoms with Crippen LogP contribution < -0.4 is 9.46 Å². The summed E-state index contributed by atoms with van der Waals surface area (Å²) in [6.45, 7) is 0.455. The number of sulfonamides is 1. The monoisotopic (exact) mass is 469 g/mol. The molecule has 8 nitrogen and oxygen atoms in total. The van der Waals surface area contributed by atoms with Gasteiger partial charge in [-0.15, -0.1) is 0 Å². The van der Waals surface area contributed by atoms with E-state index in [4.69, 9.17) is 9.47 Å². The number of nitrogens with zero attached hydrogens (tertiary/aromatic N) is 2. The Morgan fingerprint density at radius 1 is 1.00 bits per heavy atom. The molecule has 9 heteroatoms. The molecule has 3 aromatic rings. The Balaban J connectivity index is 1.62. The standard InChI is InChI=1S/C24H27N3O5S/c1-27(2)17-20(15-24(28)31-18-19-9-5-3-6-10-19)26-33(29,30)22-13-14-23(25-16-22)32-21-11-7-4-8-12-21/h3-14,16,20,26H,15,17-18H2,1-2H3/t20-/m1/s1. The summed E-state index contributed by atoms with van der Waals surface area (Å²) in [4.78, 5) is 18.2. The molecule has 0 aliphatic rings. The number of hydrogen-bond donors (Lipinski definition) is 1. The van der Waals surface area contributed by atoms with Gasteiger partial charge in [0.05, 0.1) is 12.6 Å². The normalized spacial score (nSPS) is 12.3. The van der Waals surface area contributed by atoms with E-state index in [1.807, 2.05) is 48.5 Å². The minimum absolute atomic E-state index is 0.0238. The van der Waals surface area contributed by atoms with Crippen LogP contribution in [0.1, 0.15) is 12.0 Å². The second-order valence-electron chi connectivity index (χ2n) is 7.68. The van der Waals surface area contributed by atoms with Crippen molar-refractivity contribution in [3.8, 4) is 11.6 Å². The highest BCUT2D eigenvalue weighted by Crippen LogP contribution is 2.20. The molecule has 0 radical (unpaired) electrons. The third-order valence-electron chi connectivity index (χ3n) is 4.55. The number of benzene rings is 2. The molecular formula is C24H27N3O5S. The van der Waals surface area contributed by atoms with Crippen LogP contribution >= 0.6 is 0 Å². The Morgan fingerprint density at radius 2 is 1.67 bits per heavy atom. The average molecular weight is 470 g/mol. The molecule has 0 bridgehead atoms. The summed E-state index contributed by atoms with van der Waals surface area (Å²) in [5, 5.41) is 0. The van der Waals surface area contributed by atoms with E-state index in [-0.39, 0.29) is 23.8 Å². The number of para-hydroxylation sites is 1. The molecule has 0 saturated heterocycles. The molecule has 3 rings (SSSR count). The maximum Gasteiger partial charge on any atom is 0.307 e. The van der Waals surface area contributed by atoms with Crippen molar-refractivity contribution in [3.63, 3.8) is 0 Å². The van der Waals surface area contributed by atoms with Gasteiger partial charge in [-0.05, 0) is 37.9 Å². The zero-order valence-corrected chi connectivity index (χ0v) is 19.4. The van der Waals surface area contributed by atoms with Crippen LogP contribution in [0.15, 0.2) is 83.9 Å². The predicted octanol–water partition coefficient (Wildman–Crippen LogP) is 3.22. The molecule has 0 unspecified atom stereocenters. The van der Waals surface area contributed by atoms with Crippen molar-refractivity contribution in [2.45, 2.75) is 24.0 Å². The number of likely N-dealkylation sites (N-methyl/N-ethyl adjacent to an activating group) is 1. The van der Waals surface area contributed by atoms with E-state index >= 15 is 0 Å². The first kappa shape index (κ1) is 24.4. The van der Waals surface area contributed by atoms with Gasteiger partial charge in [0.25, 0.3) is 0 Å². The summed E-state index contributed by atoms with van der Waals surface area (Å²) < 4.78 is 39.3. The van der Waals surface area contributed by atoms with Crippen LogP contribution in [0.4, 0.5) is 0 Å². The Labute approximate surface area is 194 Å². The topological polar surface area (TPSA) is 97.8 Å². The number of esters is 1. The summed E-state index contributed by atoms with van der Waals surface area (Å²) in [6.07, 6.45) is 1.12. The molecule has 33 heavy (non-hydrogen) atoms. The third-order valence-corrected chi connectivity index (χ3v) is 6.05. The van der Waals surface area contributed by atoms with Crippen molar-refractivity contribution in [2.24, 2.45) is 0 Å². The number of nitrogens with one attached hydrogen (secondary N) is 1. The molecule has 0 fully saturated rings. The van der Waals surface area contributed by atoms with Gasteiger partial charge in [-0.3, -0.25) is 4.79 Å². The SMILES string of the molecule is CN(C)C[C@@H](CC(=O)OCc1ccccc1)NS(=O)(=O)c1ccc(Oc2ccccc2)nc1. The molecular weight excluding hydrogens is 442 g/mol. The first-order valence-electron chi connectivity index (χ1n) is 10.4. The van der Waals surface area contributed by atoms with Gasteiger partial charge in [-0.1, -0.05) is 48.5 Å². The third kappa shape index (κ3) is 7.98. The Morgan fingerprint density at radius 3 is 2.27 bits per heavy atom. The van der Waals surface area contributed by atoms with Crippen molar-refractivity contribution in [3.05, 3.63) is 84.6 Å². The van der Waals surface area contributed by atoms with E-state index in [1.165, 1.54) is 18.3 Å². The summed E-state index contributed by atoms with van der Waals surface area (Å²) in [6, 6.07) is 20.6. The fraction of sp³-hybridized carbons (Fsp3) is 0.250. The maximum absolute atomic E-state index is 12.9. The van der Waals surface area contributed by atoms with Gasteiger partial charge in [0.2, 0.25) is 15.9 Å². The lowest BCUT2D eigenvalue weighted by molar-refractivity contribution is -0.145. The van der Waals surface area contributed by atoms with Gasteiger partial charge in [-0.2, -0.15) is 0 Å². The zero-order chi connectivity index (χ0) is 23.7. The first-order valence-corrected chi connectivity index (χ1v) is 11.9. The fourth-order valence-corrected chi connectivity index (χ4v) is 4.24. The molecule has 0 aliphatic heterocycles. The van der Waals surface area contributed by atoms with E-state index < -0.39 is 22.0 Å². The molecule has 2 aromatic carbocycles. The van der Waals surface area contributed by atoms with Crippen LogP contribution in [0, 0.1) is 0 Å². The lowest BCUT2D eigenvalue weighted by atomic mass is 10.2. The molecule has 0 amide bonds. The largest absolute Gasteiger partial charge is 0.461 e. The summed E-state index contributed by atoms with van der Waals surface area (Å²) in [5.41, 5.74) is 0.861. The Bertz CT molecular complexity index is 1120. The molecule has 0 spiro atoms.